The Morgan fingerprint density at radius 3 is 2.11 bits per heavy atom. The van der Waals surface area contributed by atoms with Gasteiger partial charge in [-0.2, -0.15) is 5.26 Å². The highest BCUT2D eigenvalue weighted by molar-refractivity contribution is 5.22. The van der Waals surface area contributed by atoms with Gasteiger partial charge < -0.3 is 0 Å². The van der Waals surface area contributed by atoms with E-state index < -0.39 is 5.41 Å². The Hall–Kier alpha value is -1.43. The minimum absolute atomic E-state index is 0.445. The lowest BCUT2D eigenvalue weighted by Gasteiger charge is -2.33. The lowest BCUT2D eigenvalue weighted by molar-refractivity contribution is 0.253. The summed E-state index contributed by atoms with van der Waals surface area (Å²) in [6.07, 6.45) is 22.3. The molecule has 27 heavy (non-hydrogen) atoms. The predicted molar refractivity (Wildman–Crippen MR) is 113 cm³/mol. The van der Waals surface area contributed by atoms with Crippen molar-refractivity contribution in [3.63, 3.8) is 0 Å². The number of aromatic nitrogens is 2. The maximum Gasteiger partial charge on any atom is 0.148 e. The highest BCUT2D eigenvalue weighted by atomic mass is 14.9. The number of nitrogens with zero attached hydrogens (tertiary/aromatic N) is 3. The molecule has 0 aliphatic heterocycles. The zero-order valence-electron chi connectivity index (χ0n) is 17.7. The number of hydrogen-bond donors (Lipinski definition) is 0. The molecular formula is C24H39N3. The van der Waals surface area contributed by atoms with E-state index in [9.17, 15) is 5.26 Å². The van der Waals surface area contributed by atoms with Gasteiger partial charge in [-0.1, -0.05) is 71.6 Å². The SMILES string of the molecule is CCCCCCCc1cnc([C@]2(C#N)CC[C@H](CCCCCC)CC2)nc1. The molecule has 150 valence electrons. The molecule has 1 aromatic heterocycles. The molecule has 1 aromatic rings. The molecule has 0 aromatic carbocycles. The predicted octanol–water partition coefficient (Wildman–Crippen LogP) is 6.91. The second kappa shape index (κ2) is 12.1. The first-order chi connectivity index (χ1) is 13.2. The van der Waals surface area contributed by atoms with E-state index in [4.69, 9.17) is 0 Å². The second-order valence-electron chi connectivity index (χ2n) is 8.57. The largest absolute Gasteiger partial charge is 0.239 e. The first kappa shape index (κ1) is 21.9. The van der Waals surface area contributed by atoms with Crippen LogP contribution in [0.2, 0.25) is 0 Å². The summed E-state index contributed by atoms with van der Waals surface area (Å²) < 4.78 is 0. The van der Waals surface area contributed by atoms with E-state index in [1.165, 1.54) is 69.8 Å². The van der Waals surface area contributed by atoms with Gasteiger partial charge in [0.15, 0.2) is 0 Å². The third-order valence-electron chi connectivity index (χ3n) is 6.34. The summed E-state index contributed by atoms with van der Waals surface area (Å²) >= 11 is 0. The van der Waals surface area contributed by atoms with Crippen molar-refractivity contribution in [2.45, 2.75) is 116 Å². The molecule has 1 saturated carbocycles. The van der Waals surface area contributed by atoms with Crippen LogP contribution in [0, 0.1) is 17.2 Å². The fourth-order valence-corrected chi connectivity index (χ4v) is 4.37. The minimum Gasteiger partial charge on any atom is -0.239 e. The lowest BCUT2D eigenvalue weighted by Crippen LogP contribution is -2.32. The molecule has 1 aliphatic rings. The molecular weight excluding hydrogens is 330 g/mol. The highest BCUT2D eigenvalue weighted by Gasteiger charge is 2.39. The Kier molecular flexibility index (Phi) is 9.81. The normalized spacial score (nSPS) is 22.5. The van der Waals surface area contributed by atoms with Crippen molar-refractivity contribution in [1.29, 1.82) is 5.26 Å². The molecule has 0 unspecified atom stereocenters. The third kappa shape index (κ3) is 6.91. The van der Waals surface area contributed by atoms with Crippen molar-refractivity contribution in [1.82, 2.24) is 9.97 Å². The van der Waals surface area contributed by atoms with Crippen molar-refractivity contribution in [3.05, 3.63) is 23.8 Å². The summed E-state index contributed by atoms with van der Waals surface area (Å²) in [5.74, 6) is 1.56. The summed E-state index contributed by atoms with van der Waals surface area (Å²) in [6.45, 7) is 4.51. The topological polar surface area (TPSA) is 49.6 Å². The summed E-state index contributed by atoms with van der Waals surface area (Å²) in [4.78, 5) is 9.28. The number of unbranched alkanes of at least 4 members (excludes halogenated alkanes) is 7. The Labute approximate surface area is 167 Å². The van der Waals surface area contributed by atoms with E-state index in [0.29, 0.717) is 0 Å². The highest BCUT2D eigenvalue weighted by Crippen LogP contribution is 2.41. The maximum atomic E-state index is 9.89. The third-order valence-corrected chi connectivity index (χ3v) is 6.34. The molecule has 0 spiro atoms. The van der Waals surface area contributed by atoms with Gasteiger partial charge in [-0.3, -0.25) is 0 Å². The van der Waals surface area contributed by atoms with Crippen LogP contribution in [-0.2, 0) is 11.8 Å². The van der Waals surface area contributed by atoms with Crippen molar-refractivity contribution >= 4 is 0 Å². The van der Waals surface area contributed by atoms with Gasteiger partial charge in [0.1, 0.15) is 11.2 Å². The fraction of sp³-hybridized carbons (Fsp3) is 0.792. The van der Waals surface area contributed by atoms with Crippen LogP contribution in [0.25, 0.3) is 0 Å². The van der Waals surface area contributed by atoms with Gasteiger partial charge in [0.2, 0.25) is 0 Å². The van der Waals surface area contributed by atoms with Gasteiger partial charge in [-0.05, 0) is 50.0 Å². The van der Waals surface area contributed by atoms with Crippen LogP contribution in [0.4, 0.5) is 0 Å². The quantitative estimate of drug-likeness (QED) is 0.376. The maximum absolute atomic E-state index is 9.89. The second-order valence-corrected chi connectivity index (χ2v) is 8.57. The van der Waals surface area contributed by atoms with Gasteiger partial charge in [0, 0.05) is 12.4 Å². The van der Waals surface area contributed by atoms with Crippen molar-refractivity contribution in [2.75, 3.05) is 0 Å². The van der Waals surface area contributed by atoms with E-state index in [0.717, 1.165) is 43.8 Å². The number of nitriles is 1. The van der Waals surface area contributed by atoms with Crippen LogP contribution in [-0.4, -0.2) is 9.97 Å². The van der Waals surface area contributed by atoms with Gasteiger partial charge in [-0.25, -0.2) is 9.97 Å². The summed E-state index contributed by atoms with van der Waals surface area (Å²) in [7, 11) is 0. The zero-order valence-corrected chi connectivity index (χ0v) is 17.7. The number of hydrogen-bond acceptors (Lipinski definition) is 3. The minimum atomic E-state index is -0.445. The summed E-state index contributed by atoms with van der Waals surface area (Å²) in [5.41, 5.74) is 0.771. The average molecular weight is 370 g/mol. The van der Waals surface area contributed by atoms with E-state index in [1.807, 2.05) is 12.4 Å². The molecule has 3 heteroatoms. The molecule has 1 fully saturated rings. The van der Waals surface area contributed by atoms with Crippen molar-refractivity contribution in [2.24, 2.45) is 5.92 Å². The summed E-state index contributed by atoms with van der Waals surface area (Å²) in [5, 5.41) is 9.89. The molecule has 0 bridgehead atoms. The Morgan fingerprint density at radius 1 is 0.926 bits per heavy atom. The fourth-order valence-electron chi connectivity index (χ4n) is 4.37. The molecule has 2 rings (SSSR count). The zero-order chi connectivity index (χ0) is 19.4. The van der Waals surface area contributed by atoms with Crippen LogP contribution < -0.4 is 0 Å². The van der Waals surface area contributed by atoms with Crippen molar-refractivity contribution in [3.8, 4) is 6.07 Å². The van der Waals surface area contributed by atoms with Crippen LogP contribution in [0.1, 0.15) is 115 Å². The van der Waals surface area contributed by atoms with Crippen LogP contribution in [0.5, 0.6) is 0 Å². The van der Waals surface area contributed by atoms with Gasteiger partial charge in [0.25, 0.3) is 0 Å². The first-order valence-electron chi connectivity index (χ1n) is 11.5. The average Bonchev–Trinajstić information content (AvgIpc) is 2.72. The van der Waals surface area contributed by atoms with E-state index in [1.54, 1.807) is 0 Å². The van der Waals surface area contributed by atoms with Gasteiger partial charge >= 0.3 is 0 Å². The molecule has 0 saturated heterocycles. The molecule has 1 heterocycles. The van der Waals surface area contributed by atoms with E-state index >= 15 is 0 Å². The lowest BCUT2D eigenvalue weighted by atomic mass is 9.69. The van der Waals surface area contributed by atoms with Gasteiger partial charge in [0.05, 0.1) is 6.07 Å². The molecule has 0 amide bonds. The smallest absolute Gasteiger partial charge is 0.148 e. The Balaban J connectivity index is 1.82. The first-order valence-corrected chi connectivity index (χ1v) is 11.5. The molecule has 0 radical (unpaired) electrons. The van der Waals surface area contributed by atoms with Crippen LogP contribution >= 0.6 is 0 Å². The van der Waals surface area contributed by atoms with Crippen LogP contribution in [0.3, 0.4) is 0 Å². The molecule has 1 aliphatic carbocycles. The number of aryl methyl sites for hydroxylation is 1. The number of rotatable bonds is 12. The molecule has 0 N–H and O–H groups in total. The van der Waals surface area contributed by atoms with Gasteiger partial charge in [-0.15, -0.1) is 0 Å². The Morgan fingerprint density at radius 2 is 1.52 bits per heavy atom. The standard InChI is InChI=1S/C24H39N3/c1-3-5-7-9-11-13-22-18-26-23(27-19-22)24(20-25)16-14-21(15-17-24)12-10-8-6-4-2/h18-19,21H,3-17H2,1-2H3/t21-,24+. The summed E-state index contributed by atoms with van der Waals surface area (Å²) in [6, 6.07) is 2.59. The molecule has 3 nitrogen and oxygen atoms in total. The Bertz CT molecular complexity index is 550. The van der Waals surface area contributed by atoms with E-state index in [-0.39, 0.29) is 0 Å². The van der Waals surface area contributed by atoms with E-state index in [2.05, 4.69) is 29.9 Å². The molecule has 0 atom stereocenters. The van der Waals surface area contributed by atoms with Crippen molar-refractivity contribution < 1.29 is 0 Å². The van der Waals surface area contributed by atoms with Crippen LogP contribution in [0.15, 0.2) is 12.4 Å². The monoisotopic (exact) mass is 369 g/mol.